The fourth-order valence-electron chi connectivity index (χ4n) is 2.33. The minimum atomic E-state index is -0.219. The van der Waals surface area contributed by atoms with Gasteiger partial charge in [-0.15, -0.1) is 0 Å². The number of imidazole rings is 1. The van der Waals surface area contributed by atoms with Crippen LogP contribution >= 0.6 is 0 Å². The highest BCUT2D eigenvalue weighted by atomic mass is 16.5. The van der Waals surface area contributed by atoms with Crippen molar-refractivity contribution in [1.29, 1.82) is 0 Å². The van der Waals surface area contributed by atoms with E-state index in [9.17, 15) is 9.90 Å². The van der Waals surface area contributed by atoms with Crippen LogP contribution in [0.2, 0.25) is 0 Å². The lowest BCUT2D eigenvalue weighted by Crippen LogP contribution is -2.14. The molecule has 2 heterocycles. The van der Waals surface area contributed by atoms with E-state index in [1.165, 1.54) is 7.11 Å². The van der Waals surface area contributed by atoms with Gasteiger partial charge in [0.2, 0.25) is 0 Å². The number of esters is 1. The molecule has 0 atom stereocenters. The molecule has 1 aromatic rings. The van der Waals surface area contributed by atoms with E-state index in [1.54, 1.807) is 0 Å². The number of ether oxygens (including phenoxy) is 1. The molecule has 0 radical (unpaired) electrons. The number of nitrogens with zero attached hydrogens (tertiary/aromatic N) is 2. The third kappa shape index (κ3) is 2.49. The van der Waals surface area contributed by atoms with E-state index in [0.29, 0.717) is 12.8 Å². The molecule has 94 valence electrons. The van der Waals surface area contributed by atoms with Crippen LogP contribution in [-0.2, 0) is 35.5 Å². The van der Waals surface area contributed by atoms with Crippen LogP contribution in [-0.4, -0.2) is 27.7 Å². The predicted molar refractivity (Wildman–Crippen MR) is 61.4 cm³/mol. The largest absolute Gasteiger partial charge is 0.469 e. The summed E-state index contributed by atoms with van der Waals surface area (Å²) in [5.41, 5.74) is 1.91. The van der Waals surface area contributed by atoms with Gasteiger partial charge in [-0.3, -0.25) is 4.79 Å². The van der Waals surface area contributed by atoms with Crippen molar-refractivity contribution in [3.63, 3.8) is 0 Å². The van der Waals surface area contributed by atoms with Gasteiger partial charge >= 0.3 is 5.97 Å². The number of carbonyl (C=O) groups excluding carboxylic acids is 1. The summed E-state index contributed by atoms with van der Waals surface area (Å²) in [7, 11) is 1.39. The highest BCUT2D eigenvalue weighted by Crippen LogP contribution is 2.21. The molecule has 1 aliphatic heterocycles. The van der Waals surface area contributed by atoms with Crippen LogP contribution in [0.25, 0.3) is 0 Å². The Morgan fingerprint density at radius 3 is 3.06 bits per heavy atom. The Morgan fingerprint density at radius 2 is 2.35 bits per heavy atom. The summed E-state index contributed by atoms with van der Waals surface area (Å²) >= 11 is 0. The van der Waals surface area contributed by atoms with Gasteiger partial charge in [0.1, 0.15) is 5.82 Å². The molecule has 0 fully saturated rings. The molecule has 1 N–H and O–H groups in total. The first kappa shape index (κ1) is 12.1. The molecule has 0 aliphatic carbocycles. The second kappa shape index (κ2) is 5.31. The first-order valence-corrected chi connectivity index (χ1v) is 6.01. The standard InChI is InChI=1S/C12H18N2O3/c1-17-12(16)6-5-11-13-9(8-15)10-4-2-3-7-14(10)11/h15H,2-8H2,1H3. The van der Waals surface area contributed by atoms with Crippen molar-refractivity contribution < 1.29 is 14.6 Å². The average molecular weight is 238 g/mol. The Balaban J connectivity index is 2.16. The van der Waals surface area contributed by atoms with Gasteiger partial charge in [0.05, 0.1) is 25.8 Å². The van der Waals surface area contributed by atoms with Crippen LogP contribution in [0.1, 0.15) is 36.5 Å². The molecule has 0 unspecified atom stereocenters. The van der Waals surface area contributed by atoms with Crippen LogP contribution in [0.3, 0.4) is 0 Å². The van der Waals surface area contributed by atoms with Gasteiger partial charge in [-0.1, -0.05) is 0 Å². The number of carbonyl (C=O) groups is 1. The van der Waals surface area contributed by atoms with Gasteiger partial charge in [0.15, 0.2) is 0 Å². The Morgan fingerprint density at radius 1 is 1.53 bits per heavy atom. The predicted octanol–water partition coefficient (Wildman–Crippen LogP) is 0.817. The number of hydrogen-bond acceptors (Lipinski definition) is 4. The van der Waals surface area contributed by atoms with E-state index in [0.717, 1.165) is 43.0 Å². The highest BCUT2D eigenvalue weighted by molar-refractivity contribution is 5.69. The number of hydrogen-bond donors (Lipinski definition) is 1. The number of aryl methyl sites for hydroxylation is 1. The van der Waals surface area contributed by atoms with Crippen molar-refractivity contribution in [3.05, 3.63) is 17.2 Å². The summed E-state index contributed by atoms with van der Waals surface area (Å²) < 4.78 is 6.77. The minimum Gasteiger partial charge on any atom is -0.469 e. The van der Waals surface area contributed by atoms with Gasteiger partial charge in [-0.25, -0.2) is 4.98 Å². The quantitative estimate of drug-likeness (QED) is 0.789. The number of aliphatic hydroxyl groups excluding tert-OH is 1. The van der Waals surface area contributed by atoms with Crippen LogP contribution in [0.5, 0.6) is 0 Å². The smallest absolute Gasteiger partial charge is 0.305 e. The number of aliphatic hydroxyl groups is 1. The van der Waals surface area contributed by atoms with Crippen molar-refractivity contribution in [2.75, 3.05) is 7.11 Å². The Bertz CT molecular complexity index is 412. The maximum Gasteiger partial charge on any atom is 0.305 e. The Kier molecular flexibility index (Phi) is 3.78. The van der Waals surface area contributed by atoms with Crippen molar-refractivity contribution in [2.45, 2.75) is 45.3 Å². The number of fused-ring (bicyclic) bond motifs is 1. The normalized spacial score (nSPS) is 14.5. The lowest BCUT2D eigenvalue weighted by molar-refractivity contribution is -0.140. The van der Waals surface area contributed by atoms with Gasteiger partial charge in [-0.05, 0) is 19.3 Å². The van der Waals surface area contributed by atoms with Crippen LogP contribution in [0, 0.1) is 0 Å². The Hall–Kier alpha value is -1.36. The summed E-state index contributed by atoms with van der Waals surface area (Å²) in [4.78, 5) is 15.5. The topological polar surface area (TPSA) is 64.3 Å². The molecular weight excluding hydrogens is 220 g/mol. The van der Waals surface area contributed by atoms with Crippen molar-refractivity contribution >= 4 is 5.97 Å². The molecule has 0 amide bonds. The SMILES string of the molecule is COC(=O)CCc1nc(CO)c2n1CCCC2. The average Bonchev–Trinajstić information content (AvgIpc) is 2.74. The van der Waals surface area contributed by atoms with Crippen LogP contribution in [0.15, 0.2) is 0 Å². The molecular formula is C12H18N2O3. The molecule has 2 rings (SSSR count). The molecule has 0 saturated heterocycles. The molecule has 5 nitrogen and oxygen atoms in total. The summed E-state index contributed by atoms with van der Waals surface area (Å²) in [5.74, 6) is 0.679. The van der Waals surface area contributed by atoms with Crippen molar-refractivity contribution in [2.24, 2.45) is 0 Å². The fraction of sp³-hybridized carbons (Fsp3) is 0.667. The summed E-state index contributed by atoms with van der Waals surface area (Å²) in [6.45, 7) is 0.923. The molecule has 1 aliphatic rings. The summed E-state index contributed by atoms with van der Waals surface area (Å²) in [6.07, 6.45) is 4.19. The minimum absolute atomic E-state index is 0.0203. The van der Waals surface area contributed by atoms with Crippen molar-refractivity contribution in [1.82, 2.24) is 9.55 Å². The van der Waals surface area contributed by atoms with Crippen molar-refractivity contribution in [3.8, 4) is 0 Å². The van der Waals surface area contributed by atoms with Gasteiger partial charge < -0.3 is 14.4 Å². The van der Waals surface area contributed by atoms with E-state index in [1.807, 2.05) is 0 Å². The Labute approximate surface area is 100 Å². The van der Waals surface area contributed by atoms with Gasteiger partial charge in [0, 0.05) is 18.7 Å². The second-order valence-electron chi connectivity index (χ2n) is 4.26. The van der Waals surface area contributed by atoms with Crippen LogP contribution < -0.4 is 0 Å². The number of methoxy groups -OCH3 is 1. The number of aromatic nitrogens is 2. The molecule has 0 bridgehead atoms. The van der Waals surface area contributed by atoms with Crippen LogP contribution in [0.4, 0.5) is 0 Å². The summed E-state index contributed by atoms with van der Waals surface area (Å²) in [6, 6.07) is 0. The highest BCUT2D eigenvalue weighted by Gasteiger charge is 2.19. The molecule has 17 heavy (non-hydrogen) atoms. The van der Waals surface area contributed by atoms with Gasteiger partial charge in [-0.2, -0.15) is 0 Å². The van der Waals surface area contributed by atoms with E-state index >= 15 is 0 Å². The molecule has 0 aromatic carbocycles. The first-order valence-electron chi connectivity index (χ1n) is 6.01. The zero-order valence-corrected chi connectivity index (χ0v) is 10.1. The van der Waals surface area contributed by atoms with E-state index in [-0.39, 0.29) is 12.6 Å². The maximum absolute atomic E-state index is 11.1. The van der Waals surface area contributed by atoms with E-state index < -0.39 is 0 Å². The zero-order chi connectivity index (χ0) is 12.3. The molecule has 1 aromatic heterocycles. The lowest BCUT2D eigenvalue weighted by atomic mass is 10.1. The van der Waals surface area contributed by atoms with E-state index in [4.69, 9.17) is 0 Å². The lowest BCUT2D eigenvalue weighted by Gasteiger charge is -2.17. The molecule has 5 heteroatoms. The molecule has 0 spiro atoms. The van der Waals surface area contributed by atoms with E-state index in [2.05, 4.69) is 14.3 Å². The second-order valence-corrected chi connectivity index (χ2v) is 4.26. The third-order valence-electron chi connectivity index (χ3n) is 3.21. The number of rotatable bonds is 4. The fourth-order valence-corrected chi connectivity index (χ4v) is 2.33. The maximum atomic E-state index is 11.1. The zero-order valence-electron chi connectivity index (χ0n) is 10.1. The third-order valence-corrected chi connectivity index (χ3v) is 3.21. The van der Waals surface area contributed by atoms with Gasteiger partial charge in [0.25, 0.3) is 0 Å². The first-order chi connectivity index (χ1) is 8.26. The summed E-state index contributed by atoms with van der Waals surface area (Å²) in [5, 5.41) is 9.26. The molecule has 0 saturated carbocycles. The monoisotopic (exact) mass is 238 g/mol.